The molecule has 1 unspecified atom stereocenters. The average molecular weight is 387 g/mol. The van der Waals surface area contributed by atoms with E-state index >= 15 is 0 Å². The highest BCUT2D eigenvalue weighted by Crippen LogP contribution is 2.33. The van der Waals surface area contributed by atoms with E-state index in [9.17, 15) is 22.4 Å². The monoisotopic (exact) mass is 386 g/mol. The summed E-state index contributed by atoms with van der Waals surface area (Å²) in [6.07, 6.45) is -3.52. The molecule has 1 atom stereocenters. The van der Waals surface area contributed by atoms with Gasteiger partial charge in [-0.15, -0.1) is 0 Å². The van der Waals surface area contributed by atoms with Crippen LogP contribution in [-0.4, -0.2) is 26.5 Å². The van der Waals surface area contributed by atoms with Gasteiger partial charge in [0.1, 0.15) is 17.3 Å². The lowest BCUT2D eigenvalue weighted by molar-refractivity contribution is -0.155. The van der Waals surface area contributed by atoms with Crippen molar-refractivity contribution in [1.82, 2.24) is 19.7 Å². The molecule has 0 fully saturated rings. The van der Waals surface area contributed by atoms with Crippen LogP contribution in [0.2, 0.25) is 5.15 Å². The molecule has 0 saturated carbocycles. The maximum absolute atomic E-state index is 13.4. The van der Waals surface area contributed by atoms with E-state index in [-0.39, 0.29) is 22.1 Å². The fourth-order valence-electron chi connectivity index (χ4n) is 2.45. The first-order valence-corrected chi connectivity index (χ1v) is 7.68. The predicted octanol–water partition coefficient (Wildman–Crippen LogP) is 3.86. The quantitative estimate of drug-likeness (QED) is 0.549. The van der Waals surface area contributed by atoms with E-state index < -0.39 is 23.9 Å². The van der Waals surface area contributed by atoms with Gasteiger partial charge in [-0.2, -0.15) is 13.2 Å². The van der Waals surface area contributed by atoms with E-state index in [1.54, 1.807) is 6.92 Å². The number of amides is 1. The molecule has 0 bridgehead atoms. The van der Waals surface area contributed by atoms with Gasteiger partial charge in [-0.25, -0.2) is 14.4 Å². The van der Waals surface area contributed by atoms with Crippen LogP contribution in [0.25, 0.3) is 5.65 Å². The van der Waals surface area contributed by atoms with Gasteiger partial charge in [-0.3, -0.25) is 9.20 Å². The van der Waals surface area contributed by atoms with Gasteiger partial charge in [0.15, 0.2) is 17.4 Å². The Hall–Kier alpha value is -2.68. The van der Waals surface area contributed by atoms with Crippen molar-refractivity contribution in [2.24, 2.45) is 0 Å². The Morgan fingerprint density at radius 3 is 2.54 bits per heavy atom. The molecule has 2 aromatic heterocycles. The summed E-state index contributed by atoms with van der Waals surface area (Å²) in [5.74, 6) is -1.76. The zero-order chi connectivity index (χ0) is 19.1. The highest BCUT2D eigenvalue weighted by molar-refractivity contribution is 6.29. The maximum atomic E-state index is 13.4. The normalized spacial score (nSPS) is 13.0. The number of nitrogens with one attached hydrogen (secondary N) is 1. The molecular formula is C16H11ClF4N4O. The number of halogens is 5. The molecule has 10 heteroatoms. The summed E-state index contributed by atoms with van der Waals surface area (Å²) in [5, 5.41) is 1.96. The summed E-state index contributed by atoms with van der Waals surface area (Å²) in [5.41, 5.74) is 0.0369. The lowest BCUT2D eigenvalue weighted by atomic mass is 10.1. The summed E-state index contributed by atoms with van der Waals surface area (Å²) in [7, 11) is 0. The lowest BCUT2D eigenvalue weighted by Gasteiger charge is -2.21. The number of fused-ring (bicyclic) bond motifs is 1. The van der Waals surface area contributed by atoms with Gasteiger partial charge >= 0.3 is 6.18 Å². The first-order chi connectivity index (χ1) is 12.2. The first kappa shape index (κ1) is 18.1. The lowest BCUT2D eigenvalue weighted by Crippen LogP contribution is -2.38. The Bertz CT molecular complexity index is 969. The molecule has 0 spiro atoms. The SMILES string of the molecule is Cc1cc(Cl)nc2c(C(=O)NC(c3ccc(F)cc3)C(F)(F)F)ncn12. The Balaban J connectivity index is 1.97. The number of nitrogens with zero attached hydrogens (tertiary/aromatic N) is 3. The molecule has 0 saturated heterocycles. The third-order valence-corrected chi connectivity index (χ3v) is 3.88. The molecule has 1 aromatic carbocycles. The van der Waals surface area contributed by atoms with Crippen molar-refractivity contribution in [3.63, 3.8) is 0 Å². The molecule has 1 N–H and O–H groups in total. The highest BCUT2D eigenvalue weighted by Gasteiger charge is 2.42. The number of alkyl halides is 3. The van der Waals surface area contributed by atoms with Crippen LogP contribution in [0.15, 0.2) is 36.7 Å². The van der Waals surface area contributed by atoms with E-state index in [0.717, 1.165) is 24.3 Å². The summed E-state index contributed by atoms with van der Waals surface area (Å²) < 4.78 is 54.6. The Morgan fingerprint density at radius 1 is 1.27 bits per heavy atom. The van der Waals surface area contributed by atoms with Gasteiger partial charge in [0, 0.05) is 5.69 Å². The van der Waals surface area contributed by atoms with Crippen molar-refractivity contribution in [3.8, 4) is 0 Å². The van der Waals surface area contributed by atoms with E-state index in [1.807, 2.05) is 5.32 Å². The van der Waals surface area contributed by atoms with Gasteiger partial charge in [0.25, 0.3) is 5.91 Å². The van der Waals surface area contributed by atoms with Crippen LogP contribution in [0.5, 0.6) is 0 Å². The van der Waals surface area contributed by atoms with Crippen LogP contribution in [0.4, 0.5) is 17.6 Å². The molecular weight excluding hydrogens is 376 g/mol. The van der Waals surface area contributed by atoms with Crippen molar-refractivity contribution >= 4 is 23.2 Å². The standard InChI is InChI=1S/C16H11ClF4N4O/c1-8-6-11(17)23-14-12(22-7-25(8)14)15(26)24-13(16(19,20)21)9-2-4-10(18)5-3-9/h2-7,13H,1H3,(H,24,26). The second-order valence-corrected chi connectivity index (χ2v) is 5.89. The fraction of sp³-hybridized carbons (Fsp3) is 0.188. The number of carbonyl (C=O) groups is 1. The number of aryl methyl sites for hydroxylation is 1. The number of benzene rings is 1. The number of hydrogen-bond acceptors (Lipinski definition) is 3. The highest BCUT2D eigenvalue weighted by atomic mass is 35.5. The van der Waals surface area contributed by atoms with E-state index in [4.69, 9.17) is 11.6 Å². The summed E-state index contributed by atoms with van der Waals surface area (Å²) in [6, 6.07) is 2.88. The van der Waals surface area contributed by atoms with Crippen LogP contribution in [0.3, 0.4) is 0 Å². The molecule has 136 valence electrons. The Morgan fingerprint density at radius 2 is 1.92 bits per heavy atom. The molecule has 3 rings (SSSR count). The van der Waals surface area contributed by atoms with Gasteiger partial charge in [-0.05, 0) is 30.7 Å². The Kier molecular flexibility index (Phi) is 4.57. The fourth-order valence-corrected chi connectivity index (χ4v) is 2.69. The zero-order valence-corrected chi connectivity index (χ0v) is 13.9. The molecule has 1 amide bonds. The first-order valence-electron chi connectivity index (χ1n) is 7.30. The van der Waals surface area contributed by atoms with Crippen LogP contribution in [0.1, 0.15) is 27.8 Å². The smallest absolute Gasteiger partial charge is 0.335 e. The summed E-state index contributed by atoms with van der Waals surface area (Å²) in [6.45, 7) is 1.68. The number of hydrogen-bond donors (Lipinski definition) is 1. The summed E-state index contributed by atoms with van der Waals surface area (Å²) in [4.78, 5) is 20.2. The summed E-state index contributed by atoms with van der Waals surface area (Å²) >= 11 is 5.85. The largest absolute Gasteiger partial charge is 0.412 e. The molecule has 3 aromatic rings. The minimum atomic E-state index is -4.79. The molecule has 0 aliphatic rings. The zero-order valence-electron chi connectivity index (χ0n) is 13.2. The van der Waals surface area contributed by atoms with Crippen LogP contribution in [-0.2, 0) is 0 Å². The van der Waals surface area contributed by atoms with E-state index in [0.29, 0.717) is 5.69 Å². The molecule has 2 heterocycles. The van der Waals surface area contributed by atoms with Crippen LogP contribution < -0.4 is 5.32 Å². The Labute approximate surface area is 149 Å². The molecule has 0 radical (unpaired) electrons. The van der Waals surface area contributed by atoms with Gasteiger partial charge in [-0.1, -0.05) is 23.7 Å². The third-order valence-electron chi connectivity index (χ3n) is 3.68. The van der Waals surface area contributed by atoms with Crippen molar-refractivity contribution in [2.45, 2.75) is 19.1 Å². The number of aromatic nitrogens is 3. The molecule has 0 aliphatic carbocycles. The molecule has 5 nitrogen and oxygen atoms in total. The number of imidazole rings is 1. The van der Waals surface area contributed by atoms with Gasteiger partial charge < -0.3 is 5.32 Å². The van der Waals surface area contributed by atoms with Crippen molar-refractivity contribution in [1.29, 1.82) is 0 Å². The second-order valence-electron chi connectivity index (χ2n) is 5.51. The van der Waals surface area contributed by atoms with Gasteiger partial charge in [0.05, 0.1) is 0 Å². The van der Waals surface area contributed by atoms with Crippen molar-refractivity contribution in [3.05, 3.63) is 64.6 Å². The van der Waals surface area contributed by atoms with Crippen molar-refractivity contribution < 1.29 is 22.4 Å². The third kappa shape index (κ3) is 3.48. The number of rotatable bonds is 3. The van der Waals surface area contributed by atoms with Crippen molar-refractivity contribution in [2.75, 3.05) is 0 Å². The molecule has 0 aliphatic heterocycles. The average Bonchev–Trinajstić information content (AvgIpc) is 2.96. The van der Waals surface area contributed by atoms with E-state index in [2.05, 4.69) is 9.97 Å². The maximum Gasteiger partial charge on any atom is 0.412 e. The van der Waals surface area contributed by atoms with Crippen LogP contribution in [0, 0.1) is 12.7 Å². The van der Waals surface area contributed by atoms with Crippen LogP contribution >= 0.6 is 11.6 Å². The number of carbonyl (C=O) groups excluding carboxylic acids is 1. The molecule has 26 heavy (non-hydrogen) atoms. The second kappa shape index (κ2) is 6.56. The topological polar surface area (TPSA) is 59.3 Å². The predicted molar refractivity (Wildman–Crippen MR) is 85.4 cm³/mol. The minimum Gasteiger partial charge on any atom is -0.335 e. The van der Waals surface area contributed by atoms with Gasteiger partial charge in [0.2, 0.25) is 0 Å². The van der Waals surface area contributed by atoms with E-state index in [1.165, 1.54) is 16.8 Å². The minimum absolute atomic E-state index is 0.0348.